The lowest BCUT2D eigenvalue weighted by Crippen LogP contribution is -2.38. The Morgan fingerprint density at radius 1 is 1.61 bits per heavy atom. The number of methoxy groups -OCH3 is 1. The van der Waals surface area contributed by atoms with Crippen molar-refractivity contribution < 1.29 is 9.84 Å². The molecule has 0 aliphatic rings. The maximum Gasteiger partial charge on any atom is 0.117 e. The molecule has 0 aliphatic carbocycles. The monoisotopic (exact) mass is 275 g/mol. The van der Waals surface area contributed by atoms with Gasteiger partial charge >= 0.3 is 0 Å². The molecule has 0 fully saturated rings. The van der Waals surface area contributed by atoms with Crippen molar-refractivity contribution in [3.63, 3.8) is 0 Å². The molecule has 0 saturated carbocycles. The van der Waals surface area contributed by atoms with Gasteiger partial charge in [-0.25, -0.2) is 0 Å². The first-order valence-corrected chi connectivity index (χ1v) is 6.54. The van der Waals surface area contributed by atoms with Crippen LogP contribution in [0.25, 0.3) is 0 Å². The third-order valence-electron chi connectivity index (χ3n) is 2.69. The van der Waals surface area contributed by atoms with Gasteiger partial charge in [0.1, 0.15) is 5.60 Å². The zero-order valence-corrected chi connectivity index (χ0v) is 12.0. The van der Waals surface area contributed by atoms with E-state index in [-0.39, 0.29) is 0 Å². The van der Waals surface area contributed by atoms with Crippen LogP contribution < -0.4 is 5.32 Å². The summed E-state index contributed by atoms with van der Waals surface area (Å²) in [5.41, 5.74) is -0.382. The summed E-state index contributed by atoms with van der Waals surface area (Å²) in [4.78, 5) is 0. The Morgan fingerprint density at radius 3 is 2.94 bits per heavy atom. The summed E-state index contributed by atoms with van der Waals surface area (Å²) in [6, 6.07) is 0. The number of aryl methyl sites for hydroxylation is 1. The van der Waals surface area contributed by atoms with Gasteiger partial charge in [0, 0.05) is 26.7 Å². The van der Waals surface area contributed by atoms with Gasteiger partial charge in [-0.15, -0.1) is 0 Å². The molecule has 0 aliphatic heterocycles. The standard InChI is InChI=1S/C12H22ClN3O2/c1-4-6-16-11(10(13)8-15-16)12(2,17)9-14-5-7-18-3/h8,14,17H,4-7,9H2,1-3H3. The van der Waals surface area contributed by atoms with Gasteiger partial charge in [-0.05, 0) is 13.3 Å². The lowest BCUT2D eigenvalue weighted by molar-refractivity contribution is 0.0457. The van der Waals surface area contributed by atoms with Crippen molar-refractivity contribution in [2.24, 2.45) is 0 Å². The van der Waals surface area contributed by atoms with E-state index in [2.05, 4.69) is 17.3 Å². The highest BCUT2D eigenvalue weighted by molar-refractivity contribution is 6.31. The Labute approximate surface area is 113 Å². The van der Waals surface area contributed by atoms with E-state index in [1.54, 1.807) is 24.9 Å². The number of nitrogens with one attached hydrogen (secondary N) is 1. The summed E-state index contributed by atoms with van der Waals surface area (Å²) >= 11 is 6.11. The third-order valence-corrected chi connectivity index (χ3v) is 2.97. The number of hydrogen-bond donors (Lipinski definition) is 2. The predicted octanol–water partition coefficient (Wildman–Crippen LogP) is 1.39. The van der Waals surface area contributed by atoms with Gasteiger partial charge in [0.05, 0.1) is 23.5 Å². The van der Waals surface area contributed by atoms with Crippen molar-refractivity contribution in [3.05, 3.63) is 16.9 Å². The van der Waals surface area contributed by atoms with Gasteiger partial charge in [0.15, 0.2) is 0 Å². The highest BCUT2D eigenvalue weighted by atomic mass is 35.5. The van der Waals surface area contributed by atoms with Crippen LogP contribution in [0.5, 0.6) is 0 Å². The maximum absolute atomic E-state index is 10.5. The molecule has 5 nitrogen and oxygen atoms in total. The molecule has 1 aromatic heterocycles. The quantitative estimate of drug-likeness (QED) is 0.704. The second-order valence-corrected chi connectivity index (χ2v) is 4.91. The second kappa shape index (κ2) is 7.09. The lowest BCUT2D eigenvalue weighted by Gasteiger charge is -2.25. The zero-order valence-electron chi connectivity index (χ0n) is 11.2. The average molecular weight is 276 g/mol. The van der Waals surface area contributed by atoms with Crippen molar-refractivity contribution >= 4 is 11.6 Å². The average Bonchev–Trinajstić information content (AvgIpc) is 2.67. The minimum atomic E-state index is -1.05. The summed E-state index contributed by atoms with van der Waals surface area (Å²) < 4.78 is 6.71. The van der Waals surface area contributed by atoms with E-state index in [1.807, 2.05) is 0 Å². The molecule has 0 bridgehead atoms. The lowest BCUT2D eigenvalue weighted by atomic mass is 10.0. The van der Waals surface area contributed by atoms with E-state index in [0.29, 0.717) is 30.4 Å². The van der Waals surface area contributed by atoms with Gasteiger partial charge < -0.3 is 15.2 Å². The minimum Gasteiger partial charge on any atom is -0.383 e. The van der Waals surface area contributed by atoms with Crippen molar-refractivity contribution in [1.29, 1.82) is 0 Å². The number of aromatic nitrogens is 2. The van der Waals surface area contributed by atoms with E-state index >= 15 is 0 Å². The SMILES string of the molecule is CCCn1ncc(Cl)c1C(C)(O)CNCCOC. The first-order chi connectivity index (χ1) is 8.53. The second-order valence-electron chi connectivity index (χ2n) is 4.51. The van der Waals surface area contributed by atoms with Gasteiger partial charge in [0.2, 0.25) is 0 Å². The molecule has 2 N–H and O–H groups in total. The van der Waals surface area contributed by atoms with Crippen LogP contribution >= 0.6 is 11.6 Å². The van der Waals surface area contributed by atoms with E-state index in [0.717, 1.165) is 13.0 Å². The van der Waals surface area contributed by atoms with Gasteiger partial charge in [0.25, 0.3) is 0 Å². The fraction of sp³-hybridized carbons (Fsp3) is 0.750. The summed E-state index contributed by atoms with van der Waals surface area (Å²) in [5, 5.41) is 18.3. The van der Waals surface area contributed by atoms with Crippen LogP contribution in [0.2, 0.25) is 5.02 Å². The largest absolute Gasteiger partial charge is 0.383 e. The predicted molar refractivity (Wildman–Crippen MR) is 71.8 cm³/mol. The Kier molecular flexibility index (Phi) is 6.08. The van der Waals surface area contributed by atoms with Crippen molar-refractivity contribution in [2.45, 2.75) is 32.4 Å². The molecule has 0 aromatic carbocycles. The summed E-state index contributed by atoms with van der Waals surface area (Å²) in [6.45, 7) is 6.25. The van der Waals surface area contributed by atoms with E-state index in [9.17, 15) is 5.11 Å². The Hall–Kier alpha value is -0.620. The molecule has 0 spiro atoms. The topological polar surface area (TPSA) is 59.3 Å². The number of aliphatic hydroxyl groups is 1. The molecular formula is C12H22ClN3O2. The van der Waals surface area contributed by atoms with Crippen LogP contribution in [0.15, 0.2) is 6.20 Å². The molecule has 104 valence electrons. The molecule has 0 amide bonds. The van der Waals surface area contributed by atoms with Crippen LogP contribution in [-0.4, -0.2) is 41.7 Å². The normalized spacial score (nSPS) is 14.7. The number of nitrogens with zero attached hydrogens (tertiary/aromatic N) is 2. The fourth-order valence-electron chi connectivity index (χ4n) is 1.87. The zero-order chi connectivity index (χ0) is 13.6. The van der Waals surface area contributed by atoms with E-state index < -0.39 is 5.60 Å². The van der Waals surface area contributed by atoms with Gasteiger partial charge in [-0.3, -0.25) is 4.68 Å². The molecule has 0 saturated heterocycles. The molecule has 1 atom stereocenters. The molecule has 1 rings (SSSR count). The summed E-state index contributed by atoms with van der Waals surface area (Å²) in [5.74, 6) is 0. The van der Waals surface area contributed by atoms with Gasteiger partial charge in [-0.1, -0.05) is 18.5 Å². The highest BCUT2D eigenvalue weighted by Crippen LogP contribution is 2.27. The van der Waals surface area contributed by atoms with Crippen molar-refractivity contribution in [3.8, 4) is 0 Å². The maximum atomic E-state index is 10.5. The van der Waals surface area contributed by atoms with Crippen LogP contribution in [0, 0.1) is 0 Å². The number of halogens is 1. The molecule has 1 heterocycles. The first kappa shape index (κ1) is 15.4. The van der Waals surface area contributed by atoms with Crippen molar-refractivity contribution in [1.82, 2.24) is 15.1 Å². The van der Waals surface area contributed by atoms with Crippen molar-refractivity contribution in [2.75, 3.05) is 26.8 Å². The number of hydrogen-bond acceptors (Lipinski definition) is 4. The van der Waals surface area contributed by atoms with Crippen LogP contribution in [-0.2, 0) is 16.9 Å². The van der Waals surface area contributed by atoms with E-state index in [4.69, 9.17) is 16.3 Å². The highest BCUT2D eigenvalue weighted by Gasteiger charge is 2.29. The van der Waals surface area contributed by atoms with Crippen LogP contribution in [0.4, 0.5) is 0 Å². The fourth-order valence-corrected chi connectivity index (χ4v) is 2.21. The van der Waals surface area contributed by atoms with Crippen LogP contribution in [0.3, 0.4) is 0 Å². The minimum absolute atomic E-state index is 0.408. The Balaban J connectivity index is 2.73. The number of ether oxygens (including phenoxy) is 1. The molecule has 18 heavy (non-hydrogen) atoms. The Morgan fingerprint density at radius 2 is 2.33 bits per heavy atom. The molecule has 6 heteroatoms. The molecule has 0 radical (unpaired) electrons. The van der Waals surface area contributed by atoms with Crippen LogP contribution in [0.1, 0.15) is 26.0 Å². The van der Waals surface area contributed by atoms with E-state index in [1.165, 1.54) is 0 Å². The molecule has 1 aromatic rings. The van der Waals surface area contributed by atoms with Gasteiger partial charge in [-0.2, -0.15) is 5.10 Å². The Bertz CT molecular complexity index is 366. The smallest absolute Gasteiger partial charge is 0.117 e. The third kappa shape index (κ3) is 3.95. The first-order valence-electron chi connectivity index (χ1n) is 6.16. The summed E-state index contributed by atoms with van der Waals surface area (Å²) in [6.07, 6.45) is 2.52. The molecular weight excluding hydrogens is 254 g/mol. The molecule has 1 unspecified atom stereocenters. The summed E-state index contributed by atoms with van der Waals surface area (Å²) in [7, 11) is 1.65. The number of rotatable bonds is 8.